The Labute approximate surface area is 75.0 Å². The topological polar surface area (TPSA) is 78.5 Å². The molecule has 3 N–H and O–H groups in total. The van der Waals surface area contributed by atoms with Gasteiger partial charge in [-0.3, -0.25) is 0 Å². The summed E-state index contributed by atoms with van der Waals surface area (Å²) in [5.41, 5.74) is 8.95. The Balaban J connectivity index is 2.64. The van der Waals surface area contributed by atoms with Crippen molar-refractivity contribution >= 4 is 16.7 Å². The van der Waals surface area contributed by atoms with E-state index in [1.807, 2.05) is 6.07 Å². The zero-order chi connectivity index (χ0) is 9.26. The van der Waals surface area contributed by atoms with Gasteiger partial charge in [0.1, 0.15) is 0 Å². The van der Waals surface area contributed by atoms with Crippen LogP contribution in [0.15, 0.2) is 18.5 Å². The van der Waals surface area contributed by atoms with E-state index < -0.39 is 0 Å². The summed E-state index contributed by atoms with van der Waals surface area (Å²) >= 11 is 0. The number of fused-ring (bicyclic) bond motifs is 1. The van der Waals surface area contributed by atoms with E-state index in [0.29, 0.717) is 12.1 Å². The molecule has 4 heteroatoms. The van der Waals surface area contributed by atoms with Crippen LogP contribution in [0.1, 0.15) is 5.56 Å². The van der Waals surface area contributed by atoms with Crippen LogP contribution in [0.25, 0.3) is 11.0 Å². The Morgan fingerprint density at radius 3 is 3.15 bits per heavy atom. The average Bonchev–Trinajstić information content (AvgIpc) is 2.52. The standard InChI is InChI=1S/C9H8N4/c10-2-1-6-3-8-9(4-7(6)11)13-5-12-8/h3-5H,1,11H2,(H,12,13). The molecule has 0 aliphatic carbocycles. The van der Waals surface area contributed by atoms with Crippen LogP contribution in [0.4, 0.5) is 5.69 Å². The van der Waals surface area contributed by atoms with Gasteiger partial charge in [-0.25, -0.2) is 4.98 Å². The fraction of sp³-hybridized carbons (Fsp3) is 0.111. The fourth-order valence-corrected chi connectivity index (χ4v) is 1.28. The Morgan fingerprint density at radius 2 is 2.38 bits per heavy atom. The highest BCUT2D eigenvalue weighted by atomic mass is 14.9. The predicted octanol–water partition coefficient (Wildman–Crippen LogP) is 1.21. The lowest BCUT2D eigenvalue weighted by Crippen LogP contribution is -1.93. The summed E-state index contributed by atoms with van der Waals surface area (Å²) in [6.45, 7) is 0. The summed E-state index contributed by atoms with van der Waals surface area (Å²) in [6, 6.07) is 5.71. The number of nitriles is 1. The molecule has 2 aromatic rings. The van der Waals surface area contributed by atoms with Gasteiger partial charge in [0, 0.05) is 5.69 Å². The Hall–Kier alpha value is -2.02. The molecule has 0 saturated heterocycles. The highest BCUT2D eigenvalue weighted by Crippen LogP contribution is 2.19. The lowest BCUT2D eigenvalue weighted by molar-refractivity contribution is 1.27. The maximum absolute atomic E-state index is 8.54. The first kappa shape index (κ1) is 7.62. The lowest BCUT2D eigenvalue weighted by atomic mass is 10.1. The van der Waals surface area contributed by atoms with Crippen molar-refractivity contribution < 1.29 is 0 Å². The number of imidazole rings is 1. The summed E-state index contributed by atoms with van der Waals surface area (Å²) in [4.78, 5) is 7.03. The maximum atomic E-state index is 8.54. The minimum Gasteiger partial charge on any atom is -0.398 e. The molecule has 0 aliphatic heterocycles. The van der Waals surface area contributed by atoms with Gasteiger partial charge in [0.25, 0.3) is 0 Å². The molecule has 0 atom stereocenters. The second-order valence-corrected chi connectivity index (χ2v) is 2.81. The number of H-pyrrole nitrogens is 1. The number of rotatable bonds is 1. The van der Waals surface area contributed by atoms with Gasteiger partial charge < -0.3 is 10.7 Å². The van der Waals surface area contributed by atoms with Crippen molar-refractivity contribution in [3.8, 4) is 6.07 Å². The molecular formula is C9H8N4. The molecule has 1 heterocycles. The molecule has 0 bridgehead atoms. The molecule has 4 nitrogen and oxygen atoms in total. The molecule has 0 radical (unpaired) electrons. The first-order valence-corrected chi connectivity index (χ1v) is 3.89. The largest absolute Gasteiger partial charge is 0.398 e. The summed E-state index contributed by atoms with van der Waals surface area (Å²) in [7, 11) is 0. The van der Waals surface area contributed by atoms with Gasteiger partial charge in [0.2, 0.25) is 0 Å². The van der Waals surface area contributed by atoms with Crippen LogP contribution in [0.3, 0.4) is 0 Å². The van der Waals surface area contributed by atoms with Crippen molar-refractivity contribution in [3.05, 3.63) is 24.0 Å². The molecule has 64 valence electrons. The van der Waals surface area contributed by atoms with Crippen molar-refractivity contribution in [1.82, 2.24) is 9.97 Å². The first-order valence-electron chi connectivity index (χ1n) is 3.89. The molecule has 1 aromatic heterocycles. The van der Waals surface area contributed by atoms with Gasteiger partial charge in [0.05, 0.1) is 29.9 Å². The number of nitrogens with two attached hydrogens (primary N) is 1. The van der Waals surface area contributed by atoms with E-state index in [2.05, 4.69) is 16.0 Å². The second-order valence-electron chi connectivity index (χ2n) is 2.81. The minimum atomic E-state index is 0.334. The van der Waals surface area contributed by atoms with Crippen LogP contribution in [0.2, 0.25) is 0 Å². The number of nitrogen functional groups attached to an aromatic ring is 1. The van der Waals surface area contributed by atoms with Crippen molar-refractivity contribution in [2.24, 2.45) is 0 Å². The van der Waals surface area contributed by atoms with Crippen LogP contribution in [-0.4, -0.2) is 9.97 Å². The number of anilines is 1. The number of nitrogens with zero attached hydrogens (tertiary/aromatic N) is 2. The predicted molar refractivity (Wildman–Crippen MR) is 49.8 cm³/mol. The third-order valence-electron chi connectivity index (χ3n) is 1.95. The van der Waals surface area contributed by atoms with E-state index in [9.17, 15) is 0 Å². The number of hydrogen-bond acceptors (Lipinski definition) is 3. The minimum absolute atomic E-state index is 0.334. The highest BCUT2D eigenvalue weighted by Gasteiger charge is 2.02. The number of aromatic nitrogens is 2. The first-order chi connectivity index (χ1) is 6.31. The van der Waals surface area contributed by atoms with E-state index >= 15 is 0 Å². The maximum Gasteiger partial charge on any atom is 0.0931 e. The van der Waals surface area contributed by atoms with E-state index in [0.717, 1.165) is 16.6 Å². The van der Waals surface area contributed by atoms with Crippen LogP contribution < -0.4 is 5.73 Å². The molecule has 0 fully saturated rings. The molecule has 0 spiro atoms. The molecular weight excluding hydrogens is 164 g/mol. The molecule has 2 rings (SSSR count). The number of nitrogens with one attached hydrogen (secondary N) is 1. The van der Waals surface area contributed by atoms with Gasteiger partial charge in [-0.1, -0.05) is 0 Å². The van der Waals surface area contributed by atoms with Crippen LogP contribution >= 0.6 is 0 Å². The number of hydrogen-bond donors (Lipinski definition) is 2. The molecule has 13 heavy (non-hydrogen) atoms. The molecule has 1 aromatic carbocycles. The average molecular weight is 172 g/mol. The fourth-order valence-electron chi connectivity index (χ4n) is 1.28. The highest BCUT2D eigenvalue weighted by molar-refractivity contribution is 5.80. The van der Waals surface area contributed by atoms with Gasteiger partial charge in [-0.2, -0.15) is 5.26 Å². The summed E-state index contributed by atoms with van der Waals surface area (Å²) in [5, 5.41) is 8.54. The third kappa shape index (κ3) is 1.20. The number of benzene rings is 1. The smallest absolute Gasteiger partial charge is 0.0931 e. The SMILES string of the molecule is N#CCc1cc2[nH]cnc2cc1N. The van der Waals surface area contributed by atoms with E-state index in [1.54, 1.807) is 12.4 Å². The van der Waals surface area contributed by atoms with E-state index in [-0.39, 0.29) is 0 Å². The van der Waals surface area contributed by atoms with Crippen LogP contribution in [-0.2, 0) is 6.42 Å². The van der Waals surface area contributed by atoms with E-state index in [1.165, 1.54) is 0 Å². The van der Waals surface area contributed by atoms with Crippen molar-refractivity contribution in [2.45, 2.75) is 6.42 Å². The normalized spacial score (nSPS) is 10.1. The zero-order valence-corrected chi connectivity index (χ0v) is 6.91. The van der Waals surface area contributed by atoms with Crippen molar-refractivity contribution in [3.63, 3.8) is 0 Å². The number of aromatic amines is 1. The monoisotopic (exact) mass is 172 g/mol. The van der Waals surface area contributed by atoms with Gasteiger partial charge in [-0.15, -0.1) is 0 Å². The lowest BCUT2D eigenvalue weighted by Gasteiger charge is -2.00. The Morgan fingerprint density at radius 1 is 1.54 bits per heavy atom. The van der Waals surface area contributed by atoms with Gasteiger partial charge in [0.15, 0.2) is 0 Å². The molecule has 0 aliphatic rings. The van der Waals surface area contributed by atoms with Crippen molar-refractivity contribution in [1.29, 1.82) is 5.26 Å². The molecule has 0 amide bonds. The Bertz CT molecular complexity index is 478. The zero-order valence-electron chi connectivity index (χ0n) is 6.91. The third-order valence-corrected chi connectivity index (χ3v) is 1.95. The van der Waals surface area contributed by atoms with Crippen molar-refractivity contribution in [2.75, 3.05) is 5.73 Å². The molecule has 0 unspecified atom stereocenters. The van der Waals surface area contributed by atoms with Gasteiger partial charge in [-0.05, 0) is 17.7 Å². The second kappa shape index (κ2) is 2.79. The van der Waals surface area contributed by atoms with E-state index in [4.69, 9.17) is 11.0 Å². The summed E-state index contributed by atoms with van der Waals surface area (Å²) in [5.74, 6) is 0. The quantitative estimate of drug-likeness (QED) is 0.634. The summed E-state index contributed by atoms with van der Waals surface area (Å²) < 4.78 is 0. The van der Waals surface area contributed by atoms with Gasteiger partial charge >= 0.3 is 0 Å². The van der Waals surface area contributed by atoms with Crippen LogP contribution in [0, 0.1) is 11.3 Å². The van der Waals surface area contributed by atoms with Crippen LogP contribution in [0.5, 0.6) is 0 Å². The molecule has 0 saturated carbocycles. The summed E-state index contributed by atoms with van der Waals surface area (Å²) in [6.07, 6.45) is 1.95. The Kier molecular flexibility index (Phi) is 1.64.